The Morgan fingerprint density at radius 1 is 1.29 bits per heavy atom. The molecule has 0 fully saturated rings. The van der Waals surface area contributed by atoms with Crippen molar-refractivity contribution in [2.75, 3.05) is 5.73 Å². The first kappa shape index (κ1) is 11.0. The summed E-state index contributed by atoms with van der Waals surface area (Å²) in [6, 6.07) is 1.86. The molecule has 1 atom stereocenters. The molecule has 1 aromatic rings. The Morgan fingerprint density at radius 3 is 2.29 bits per heavy atom. The van der Waals surface area contributed by atoms with Crippen molar-refractivity contribution >= 4 is 5.82 Å². The maximum Gasteiger partial charge on any atom is 0.127 e. The van der Waals surface area contributed by atoms with Gasteiger partial charge in [-0.1, -0.05) is 27.7 Å². The maximum atomic E-state index is 5.69. The Bertz CT molecular complexity index is 306. The highest BCUT2D eigenvalue weighted by molar-refractivity contribution is 5.31. The molecule has 0 aliphatic carbocycles. The molecule has 0 aliphatic heterocycles. The van der Waals surface area contributed by atoms with Crippen LogP contribution in [-0.2, 0) is 0 Å². The van der Waals surface area contributed by atoms with Gasteiger partial charge in [0.15, 0.2) is 0 Å². The number of nitrogen functional groups attached to an aromatic ring is 1. The normalized spacial score (nSPS) is 14.1. The largest absolute Gasteiger partial charge is 0.384 e. The van der Waals surface area contributed by atoms with E-state index < -0.39 is 0 Å². The lowest BCUT2D eigenvalue weighted by atomic mass is 9.80. The zero-order chi connectivity index (χ0) is 10.9. The van der Waals surface area contributed by atoms with Crippen LogP contribution in [0.3, 0.4) is 0 Å². The predicted molar refractivity (Wildman–Crippen MR) is 59.1 cm³/mol. The first-order valence-electron chi connectivity index (χ1n) is 4.92. The Morgan fingerprint density at radius 2 is 1.86 bits per heavy atom. The number of anilines is 1. The summed E-state index contributed by atoms with van der Waals surface area (Å²) in [4.78, 5) is 8.47. The summed E-state index contributed by atoms with van der Waals surface area (Å²) < 4.78 is 0. The monoisotopic (exact) mass is 193 g/mol. The summed E-state index contributed by atoms with van der Waals surface area (Å²) in [5.74, 6) is 1.69. The molecule has 0 saturated carbocycles. The van der Waals surface area contributed by atoms with Crippen molar-refractivity contribution in [1.82, 2.24) is 9.97 Å². The van der Waals surface area contributed by atoms with Crippen LogP contribution < -0.4 is 5.73 Å². The number of aromatic nitrogens is 2. The summed E-state index contributed by atoms with van der Waals surface area (Å²) >= 11 is 0. The first-order chi connectivity index (χ1) is 6.30. The lowest BCUT2D eigenvalue weighted by molar-refractivity contribution is 0.333. The minimum Gasteiger partial charge on any atom is -0.384 e. The standard InChI is InChI=1S/C11H19N3/c1-7(11(3,4)5)9-6-10(12)14-8(2)13-9/h6-7H,1-5H3,(H2,12,13,14). The number of nitrogens with two attached hydrogens (primary N) is 1. The number of nitrogens with zero attached hydrogens (tertiary/aromatic N) is 2. The highest BCUT2D eigenvalue weighted by Crippen LogP contribution is 2.33. The van der Waals surface area contributed by atoms with E-state index in [1.54, 1.807) is 0 Å². The van der Waals surface area contributed by atoms with E-state index in [2.05, 4.69) is 37.7 Å². The van der Waals surface area contributed by atoms with E-state index in [-0.39, 0.29) is 5.41 Å². The minimum absolute atomic E-state index is 0.202. The Balaban J connectivity index is 3.07. The average Bonchev–Trinajstić information content (AvgIpc) is 1.99. The molecule has 0 spiro atoms. The molecule has 2 N–H and O–H groups in total. The van der Waals surface area contributed by atoms with Crippen LogP contribution in [0.15, 0.2) is 6.07 Å². The van der Waals surface area contributed by atoms with Crippen LogP contribution in [0.25, 0.3) is 0 Å². The molecule has 0 bridgehead atoms. The van der Waals surface area contributed by atoms with Gasteiger partial charge in [0.25, 0.3) is 0 Å². The van der Waals surface area contributed by atoms with E-state index >= 15 is 0 Å². The van der Waals surface area contributed by atoms with E-state index in [1.165, 1.54) is 0 Å². The van der Waals surface area contributed by atoms with E-state index in [9.17, 15) is 0 Å². The van der Waals surface area contributed by atoms with Gasteiger partial charge < -0.3 is 5.73 Å². The van der Waals surface area contributed by atoms with Crippen molar-refractivity contribution in [3.8, 4) is 0 Å². The van der Waals surface area contributed by atoms with E-state index in [4.69, 9.17) is 5.73 Å². The molecule has 0 aliphatic rings. The summed E-state index contributed by atoms with van der Waals surface area (Å²) in [6.45, 7) is 10.6. The molecule has 1 rings (SSSR count). The van der Waals surface area contributed by atoms with E-state index in [0.717, 1.165) is 11.5 Å². The third-order valence-corrected chi connectivity index (χ3v) is 2.62. The van der Waals surface area contributed by atoms with Crippen molar-refractivity contribution in [3.63, 3.8) is 0 Å². The van der Waals surface area contributed by atoms with Gasteiger partial charge in [0.1, 0.15) is 11.6 Å². The second kappa shape index (κ2) is 3.56. The van der Waals surface area contributed by atoms with Crippen molar-refractivity contribution < 1.29 is 0 Å². The quantitative estimate of drug-likeness (QED) is 0.745. The van der Waals surface area contributed by atoms with Crippen LogP contribution in [0.4, 0.5) is 5.82 Å². The highest BCUT2D eigenvalue weighted by Gasteiger charge is 2.23. The minimum atomic E-state index is 0.202. The third-order valence-electron chi connectivity index (χ3n) is 2.62. The molecule has 78 valence electrons. The molecule has 3 heteroatoms. The molecule has 3 nitrogen and oxygen atoms in total. The lowest BCUT2D eigenvalue weighted by Crippen LogP contribution is -2.17. The fourth-order valence-corrected chi connectivity index (χ4v) is 1.28. The lowest BCUT2D eigenvalue weighted by Gasteiger charge is -2.26. The van der Waals surface area contributed by atoms with Crippen molar-refractivity contribution in [2.45, 2.75) is 40.5 Å². The molecule has 1 unspecified atom stereocenters. The first-order valence-corrected chi connectivity index (χ1v) is 4.92. The van der Waals surface area contributed by atoms with Crippen LogP contribution in [-0.4, -0.2) is 9.97 Å². The van der Waals surface area contributed by atoms with Gasteiger partial charge in [0, 0.05) is 17.7 Å². The summed E-state index contributed by atoms with van der Waals surface area (Å²) in [7, 11) is 0. The van der Waals surface area contributed by atoms with Gasteiger partial charge >= 0.3 is 0 Å². The maximum absolute atomic E-state index is 5.69. The molecule has 0 amide bonds. The smallest absolute Gasteiger partial charge is 0.127 e. The van der Waals surface area contributed by atoms with Gasteiger partial charge in [-0.15, -0.1) is 0 Å². The van der Waals surface area contributed by atoms with Crippen LogP contribution in [0, 0.1) is 12.3 Å². The average molecular weight is 193 g/mol. The summed E-state index contributed by atoms with van der Waals surface area (Å²) in [5, 5.41) is 0. The molecular formula is C11H19N3. The Hall–Kier alpha value is -1.12. The number of rotatable bonds is 1. The van der Waals surface area contributed by atoms with Gasteiger partial charge in [-0.05, 0) is 12.3 Å². The number of aryl methyl sites for hydroxylation is 1. The van der Waals surface area contributed by atoms with Crippen LogP contribution in [0.5, 0.6) is 0 Å². The molecule has 14 heavy (non-hydrogen) atoms. The van der Waals surface area contributed by atoms with Crippen molar-refractivity contribution in [1.29, 1.82) is 0 Å². The zero-order valence-corrected chi connectivity index (χ0v) is 9.63. The molecule has 0 aromatic carbocycles. The van der Waals surface area contributed by atoms with Crippen LogP contribution in [0.1, 0.15) is 45.1 Å². The van der Waals surface area contributed by atoms with E-state index in [1.807, 2.05) is 13.0 Å². The van der Waals surface area contributed by atoms with Gasteiger partial charge in [0.05, 0.1) is 0 Å². The fourth-order valence-electron chi connectivity index (χ4n) is 1.28. The van der Waals surface area contributed by atoms with Gasteiger partial charge in [-0.3, -0.25) is 0 Å². The second-order valence-corrected chi connectivity index (χ2v) is 4.85. The number of hydrogen-bond donors (Lipinski definition) is 1. The molecule has 0 saturated heterocycles. The summed E-state index contributed by atoms with van der Waals surface area (Å²) in [6.07, 6.45) is 0. The predicted octanol–water partition coefficient (Wildman–Crippen LogP) is 2.52. The van der Waals surface area contributed by atoms with Gasteiger partial charge in [-0.2, -0.15) is 0 Å². The zero-order valence-electron chi connectivity index (χ0n) is 9.63. The molecule has 1 heterocycles. The Kier molecular flexibility index (Phi) is 2.79. The van der Waals surface area contributed by atoms with Crippen molar-refractivity contribution in [2.24, 2.45) is 5.41 Å². The van der Waals surface area contributed by atoms with Crippen molar-refractivity contribution in [3.05, 3.63) is 17.6 Å². The Labute approximate surface area is 85.8 Å². The summed E-state index contributed by atoms with van der Waals surface area (Å²) in [5.41, 5.74) is 6.92. The van der Waals surface area contributed by atoms with Gasteiger partial charge in [0.2, 0.25) is 0 Å². The molecular weight excluding hydrogens is 174 g/mol. The molecule has 0 radical (unpaired) electrons. The number of hydrogen-bond acceptors (Lipinski definition) is 3. The van der Waals surface area contributed by atoms with E-state index in [0.29, 0.717) is 11.7 Å². The van der Waals surface area contributed by atoms with Gasteiger partial charge in [-0.25, -0.2) is 9.97 Å². The van der Waals surface area contributed by atoms with Crippen LogP contribution in [0.2, 0.25) is 0 Å². The van der Waals surface area contributed by atoms with Crippen LogP contribution >= 0.6 is 0 Å². The molecule has 1 aromatic heterocycles. The topological polar surface area (TPSA) is 51.8 Å². The second-order valence-electron chi connectivity index (χ2n) is 4.85. The highest BCUT2D eigenvalue weighted by atomic mass is 14.9. The fraction of sp³-hybridized carbons (Fsp3) is 0.636. The third kappa shape index (κ3) is 2.44. The SMILES string of the molecule is Cc1nc(N)cc(C(C)C(C)(C)C)n1.